The molecule has 4 aromatic rings. The summed E-state index contributed by atoms with van der Waals surface area (Å²) in [6, 6.07) is 13.1. The predicted molar refractivity (Wildman–Crippen MR) is 160 cm³/mol. The molecule has 1 heterocycles. The molecule has 0 saturated carbocycles. The first-order valence-corrected chi connectivity index (χ1v) is 14.3. The van der Waals surface area contributed by atoms with Gasteiger partial charge in [-0.05, 0) is 55.0 Å². The molecule has 4 rings (SSSR count). The molecule has 7 nitrogen and oxygen atoms in total. The minimum atomic E-state index is -4.46. The number of aromatic nitrogens is 1. The molecule has 0 aliphatic rings. The third kappa shape index (κ3) is 8.75. The number of amides is 1. The molecule has 42 heavy (non-hydrogen) atoms. The van der Waals surface area contributed by atoms with Crippen molar-refractivity contribution in [2.24, 2.45) is 5.10 Å². The molecule has 1 amide bonds. The Balaban J connectivity index is 1.35. The van der Waals surface area contributed by atoms with Crippen molar-refractivity contribution >= 4 is 69.1 Å². The molecule has 0 aliphatic carbocycles. The number of hydrogen-bond acceptors (Lipinski definition) is 7. The summed E-state index contributed by atoms with van der Waals surface area (Å²) in [6.07, 6.45) is -3.15. The van der Waals surface area contributed by atoms with Gasteiger partial charge in [-0.15, -0.1) is 11.3 Å². The first-order valence-electron chi connectivity index (χ1n) is 12.3. The van der Waals surface area contributed by atoms with Crippen LogP contribution in [0, 0.1) is 0 Å². The summed E-state index contributed by atoms with van der Waals surface area (Å²) in [6.45, 7) is 2.30. The number of carbonyl (C=O) groups excluding carboxylic acids is 1. The van der Waals surface area contributed by atoms with E-state index in [0.717, 1.165) is 23.5 Å². The summed E-state index contributed by atoms with van der Waals surface area (Å²) in [4.78, 5) is 16.6. The fourth-order valence-corrected chi connectivity index (χ4v) is 5.05. The maximum absolute atomic E-state index is 12.9. The van der Waals surface area contributed by atoms with Gasteiger partial charge in [0.1, 0.15) is 6.61 Å². The zero-order chi connectivity index (χ0) is 30.3. The number of carbonyl (C=O) groups is 1. The third-order valence-electron chi connectivity index (χ3n) is 5.46. The van der Waals surface area contributed by atoms with Gasteiger partial charge in [-0.2, -0.15) is 18.3 Å². The lowest BCUT2D eigenvalue weighted by Gasteiger charge is -2.15. The van der Waals surface area contributed by atoms with Gasteiger partial charge >= 0.3 is 6.18 Å². The summed E-state index contributed by atoms with van der Waals surface area (Å²) >= 11 is 19.8. The van der Waals surface area contributed by atoms with Gasteiger partial charge < -0.3 is 14.8 Å². The maximum atomic E-state index is 12.9. The smallest absolute Gasteiger partial charge is 0.416 e. The Morgan fingerprint density at radius 1 is 1.07 bits per heavy atom. The van der Waals surface area contributed by atoms with E-state index in [2.05, 4.69) is 20.8 Å². The number of nitrogens with zero attached hydrogens (tertiary/aromatic N) is 2. The van der Waals surface area contributed by atoms with E-state index >= 15 is 0 Å². The number of benzene rings is 3. The van der Waals surface area contributed by atoms with Crippen LogP contribution in [-0.4, -0.2) is 23.7 Å². The van der Waals surface area contributed by atoms with Crippen molar-refractivity contribution in [1.82, 2.24) is 10.4 Å². The van der Waals surface area contributed by atoms with Crippen LogP contribution in [0.1, 0.15) is 29.3 Å². The first-order chi connectivity index (χ1) is 20.0. The van der Waals surface area contributed by atoms with E-state index < -0.39 is 17.6 Å². The van der Waals surface area contributed by atoms with Gasteiger partial charge in [0.2, 0.25) is 5.91 Å². The zero-order valence-electron chi connectivity index (χ0n) is 21.8. The van der Waals surface area contributed by atoms with Crippen LogP contribution in [0.4, 0.5) is 24.0 Å². The average molecular weight is 658 g/mol. The Labute approximate surface area is 258 Å². The van der Waals surface area contributed by atoms with E-state index in [9.17, 15) is 18.0 Å². The fraction of sp³-hybridized carbons (Fsp3) is 0.179. The molecule has 0 aliphatic heterocycles. The van der Waals surface area contributed by atoms with E-state index in [1.54, 1.807) is 35.7 Å². The lowest BCUT2D eigenvalue weighted by Crippen LogP contribution is -2.20. The van der Waals surface area contributed by atoms with Gasteiger partial charge in [-0.25, -0.2) is 10.4 Å². The van der Waals surface area contributed by atoms with Gasteiger partial charge in [0.25, 0.3) is 0 Å². The third-order valence-corrected chi connectivity index (χ3v) is 7.13. The maximum Gasteiger partial charge on any atom is 0.416 e. The molecule has 1 aromatic heterocycles. The van der Waals surface area contributed by atoms with Gasteiger partial charge in [-0.1, -0.05) is 46.9 Å². The highest BCUT2D eigenvalue weighted by molar-refractivity contribution is 7.13. The van der Waals surface area contributed by atoms with E-state index in [1.807, 2.05) is 6.92 Å². The monoisotopic (exact) mass is 656 g/mol. The van der Waals surface area contributed by atoms with Crippen molar-refractivity contribution in [2.75, 3.05) is 11.9 Å². The van der Waals surface area contributed by atoms with Crippen LogP contribution in [-0.2, 0) is 24.0 Å². The van der Waals surface area contributed by atoms with Crippen LogP contribution in [0.5, 0.6) is 11.5 Å². The quantitative estimate of drug-likeness (QED) is 0.125. The summed E-state index contributed by atoms with van der Waals surface area (Å²) in [5.74, 6) is 0.257. The number of halogens is 6. The number of ether oxygens (including phenoxy) is 2. The molecule has 0 atom stereocenters. The van der Waals surface area contributed by atoms with Crippen molar-refractivity contribution < 1.29 is 27.4 Å². The number of rotatable bonds is 11. The minimum absolute atomic E-state index is 0.0941. The Morgan fingerprint density at radius 2 is 1.88 bits per heavy atom. The van der Waals surface area contributed by atoms with Crippen LogP contribution in [0.2, 0.25) is 15.1 Å². The number of alkyl halides is 3. The van der Waals surface area contributed by atoms with Crippen molar-refractivity contribution in [3.8, 4) is 11.5 Å². The van der Waals surface area contributed by atoms with Crippen molar-refractivity contribution in [3.63, 3.8) is 0 Å². The van der Waals surface area contributed by atoms with Crippen molar-refractivity contribution in [2.45, 2.75) is 26.1 Å². The topological polar surface area (TPSA) is 84.8 Å². The molecule has 0 fully saturated rings. The van der Waals surface area contributed by atoms with Crippen LogP contribution < -0.4 is 20.2 Å². The standard InChI is InChI=1S/C28H22Cl3F3N4O3S/c1-2-40-24-9-16(8-23(31)26(24)41-14-17-6-7-19(29)11-22(17)30)13-35-38-25(39)12-21-15-42-27(37-21)36-20-5-3-4-18(10-20)28(32,33)34/h3-11,13,15H,2,12,14H2,1H3,(H,36,37)(H,38,39)/b35-13-. The van der Waals surface area contributed by atoms with E-state index in [1.165, 1.54) is 18.3 Å². The second-order valence-corrected chi connectivity index (χ2v) is 10.7. The largest absolute Gasteiger partial charge is 0.490 e. The molecule has 3 aromatic carbocycles. The van der Waals surface area contributed by atoms with Crippen LogP contribution in [0.15, 0.2) is 65.1 Å². The highest BCUT2D eigenvalue weighted by atomic mass is 35.5. The van der Waals surface area contributed by atoms with Gasteiger partial charge in [-0.3, -0.25) is 4.79 Å². The van der Waals surface area contributed by atoms with Crippen molar-refractivity contribution in [3.05, 3.63) is 97.4 Å². The summed E-state index contributed by atoms with van der Waals surface area (Å²) in [7, 11) is 0. The molecule has 220 valence electrons. The molecule has 0 radical (unpaired) electrons. The van der Waals surface area contributed by atoms with Crippen LogP contribution in [0.3, 0.4) is 0 Å². The molecule has 0 spiro atoms. The number of nitrogens with one attached hydrogen (secondary N) is 2. The SMILES string of the molecule is CCOc1cc(/C=N\NC(=O)Cc2csc(Nc3cccc(C(F)(F)F)c3)n2)cc(Cl)c1OCc1ccc(Cl)cc1Cl. The predicted octanol–water partition coefficient (Wildman–Crippen LogP) is 8.54. The molecule has 0 bridgehead atoms. The Hall–Kier alpha value is -3.51. The highest BCUT2D eigenvalue weighted by Crippen LogP contribution is 2.37. The lowest BCUT2D eigenvalue weighted by atomic mass is 10.2. The Bertz CT molecular complexity index is 1600. The fourth-order valence-electron chi connectivity index (χ4n) is 3.58. The van der Waals surface area contributed by atoms with Gasteiger partial charge in [0, 0.05) is 26.7 Å². The van der Waals surface area contributed by atoms with E-state index in [4.69, 9.17) is 44.3 Å². The summed E-state index contributed by atoms with van der Waals surface area (Å²) in [5, 5.41) is 10.0. The highest BCUT2D eigenvalue weighted by Gasteiger charge is 2.30. The number of hydrazone groups is 1. The molecule has 14 heteroatoms. The minimum Gasteiger partial charge on any atom is -0.490 e. The average Bonchev–Trinajstić information content (AvgIpc) is 3.35. The molecular weight excluding hydrogens is 636 g/mol. The summed E-state index contributed by atoms with van der Waals surface area (Å²) in [5.41, 5.74) is 3.55. The second kappa shape index (κ2) is 14.1. The van der Waals surface area contributed by atoms with Crippen LogP contribution >= 0.6 is 46.1 Å². The van der Waals surface area contributed by atoms with E-state index in [0.29, 0.717) is 50.1 Å². The van der Waals surface area contributed by atoms with Gasteiger partial charge in [0.15, 0.2) is 16.6 Å². The van der Waals surface area contributed by atoms with E-state index in [-0.39, 0.29) is 23.7 Å². The second-order valence-electron chi connectivity index (χ2n) is 8.60. The molecule has 0 unspecified atom stereocenters. The molecule has 2 N–H and O–H groups in total. The Morgan fingerprint density at radius 3 is 2.62 bits per heavy atom. The number of anilines is 2. The lowest BCUT2D eigenvalue weighted by molar-refractivity contribution is -0.137. The summed E-state index contributed by atoms with van der Waals surface area (Å²) < 4.78 is 50.4. The number of hydrogen-bond donors (Lipinski definition) is 2. The zero-order valence-corrected chi connectivity index (χ0v) is 24.9. The van der Waals surface area contributed by atoms with Crippen molar-refractivity contribution in [1.29, 1.82) is 0 Å². The molecular formula is C28H22Cl3F3N4O3S. The Kier molecular flexibility index (Phi) is 10.6. The normalized spacial score (nSPS) is 11.5. The first kappa shape index (κ1) is 31.4. The van der Waals surface area contributed by atoms with Gasteiger partial charge in [0.05, 0.1) is 35.5 Å². The molecule has 0 saturated heterocycles. The van der Waals surface area contributed by atoms with Crippen LogP contribution in [0.25, 0.3) is 0 Å². The number of thiazole rings is 1.